The monoisotopic (exact) mass is 365 g/mol. The maximum absolute atomic E-state index is 12.1. The molecule has 1 aromatic carbocycles. The van der Waals surface area contributed by atoms with Crippen LogP contribution in [0.2, 0.25) is 0 Å². The van der Waals surface area contributed by atoms with E-state index in [1.54, 1.807) is 7.05 Å². The third-order valence-electron chi connectivity index (χ3n) is 4.25. The van der Waals surface area contributed by atoms with Gasteiger partial charge in [0.05, 0.1) is 0 Å². The van der Waals surface area contributed by atoms with Crippen molar-refractivity contribution in [3.05, 3.63) is 30.3 Å². The summed E-state index contributed by atoms with van der Waals surface area (Å²) >= 11 is 0. The Balaban J connectivity index is 1.75. The Kier molecular flexibility index (Phi) is 7.29. The minimum atomic E-state index is -0.845. The van der Waals surface area contributed by atoms with Gasteiger partial charge in [0.1, 0.15) is 11.9 Å². The number of rotatable bonds is 5. The number of para-hydroxylation sites is 1. The van der Waals surface area contributed by atoms with Crippen LogP contribution in [0.5, 0.6) is 5.75 Å². The Bertz CT molecular complexity index is 576. The number of guanidine groups is 1. The van der Waals surface area contributed by atoms with E-state index in [1.165, 1.54) is 0 Å². The van der Waals surface area contributed by atoms with E-state index < -0.39 is 10.8 Å². The first-order valence-electron chi connectivity index (χ1n) is 8.96. The fourth-order valence-corrected chi connectivity index (χ4v) is 3.67. The van der Waals surface area contributed by atoms with Crippen LogP contribution in [0.3, 0.4) is 0 Å². The average molecular weight is 366 g/mol. The molecule has 1 aliphatic rings. The predicted octanol–water partition coefficient (Wildman–Crippen LogP) is 2.65. The second-order valence-electron chi connectivity index (χ2n) is 7.25. The Morgan fingerprint density at radius 1 is 1.28 bits per heavy atom. The van der Waals surface area contributed by atoms with E-state index in [9.17, 15) is 4.21 Å². The summed E-state index contributed by atoms with van der Waals surface area (Å²) in [6.45, 7) is 8.54. The number of likely N-dealkylation sites (tertiary alicyclic amines) is 1. The number of benzene rings is 1. The smallest absolute Gasteiger partial charge is 0.193 e. The molecule has 1 aliphatic heterocycles. The number of hydrogen-bond acceptors (Lipinski definition) is 3. The van der Waals surface area contributed by atoms with Gasteiger partial charge in [0.25, 0.3) is 0 Å². The van der Waals surface area contributed by atoms with Crippen molar-refractivity contribution in [2.24, 2.45) is 4.99 Å². The highest BCUT2D eigenvalue weighted by Crippen LogP contribution is 2.18. The van der Waals surface area contributed by atoms with Crippen LogP contribution in [-0.4, -0.2) is 58.4 Å². The van der Waals surface area contributed by atoms with Crippen molar-refractivity contribution < 1.29 is 8.95 Å². The largest absolute Gasteiger partial charge is 0.490 e. The van der Waals surface area contributed by atoms with Crippen LogP contribution in [0.25, 0.3) is 0 Å². The number of aliphatic imine (C=N–C) groups is 1. The molecule has 140 valence electrons. The molecule has 1 N–H and O–H groups in total. The summed E-state index contributed by atoms with van der Waals surface area (Å²) in [6, 6.07) is 10.00. The Morgan fingerprint density at radius 3 is 2.48 bits per heavy atom. The van der Waals surface area contributed by atoms with Gasteiger partial charge < -0.3 is 15.0 Å². The van der Waals surface area contributed by atoms with Crippen LogP contribution in [-0.2, 0) is 10.8 Å². The SMILES string of the molecule is CN=C(NCCS(=O)C(C)(C)C)N1CCC(Oc2ccccc2)CC1. The summed E-state index contributed by atoms with van der Waals surface area (Å²) in [5.74, 6) is 2.47. The molecule has 1 atom stereocenters. The highest BCUT2D eigenvalue weighted by Gasteiger charge is 2.23. The van der Waals surface area contributed by atoms with Gasteiger partial charge >= 0.3 is 0 Å². The van der Waals surface area contributed by atoms with E-state index in [0.29, 0.717) is 12.3 Å². The summed E-state index contributed by atoms with van der Waals surface area (Å²) in [6.07, 6.45) is 2.21. The zero-order valence-corrected chi connectivity index (χ0v) is 16.6. The lowest BCUT2D eigenvalue weighted by molar-refractivity contribution is 0.129. The summed E-state index contributed by atoms with van der Waals surface area (Å²) in [5.41, 5.74) is 0. The average Bonchev–Trinajstić information content (AvgIpc) is 2.59. The molecule has 1 heterocycles. The van der Waals surface area contributed by atoms with E-state index in [4.69, 9.17) is 4.74 Å². The normalized spacial score (nSPS) is 18.1. The molecule has 0 bridgehead atoms. The predicted molar refractivity (Wildman–Crippen MR) is 106 cm³/mol. The molecule has 2 rings (SSSR count). The highest BCUT2D eigenvalue weighted by molar-refractivity contribution is 7.86. The second-order valence-corrected chi connectivity index (χ2v) is 9.58. The fourth-order valence-electron chi connectivity index (χ4n) is 2.77. The van der Waals surface area contributed by atoms with Gasteiger partial charge in [-0.05, 0) is 32.9 Å². The van der Waals surface area contributed by atoms with Gasteiger partial charge in [0.2, 0.25) is 0 Å². The van der Waals surface area contributed by atoms with Crippen LogP contribution in [0.4, 0.5) is 0 Å². The standard InChI is InChI=1S/C19H31N3O2S/c1-19(2,3)25(23)15-12-21-18(20-4)22-13-10-17(11-14-22)24-16-8-6-5-7-9-16/h5-9,17H,10-15H2,1-4H3,(H,20,21). The first kappa shape index (κ1) is 19.8. The highest BCUT2D eigenvalue weighted by atomic mass is 32.2. The molecule has 6 heteroatoms. The fraction of sp³-hybridized carbons (Fsp3) is 0.632. The van der Waals surface area contributed by atoms with Gasteiger partial charge in [-0.2, -0.15) is 0 Å². The summed E-state index contributed by atoms with van der Waals surface area (Å²) in [4.78, 5) is 6.63. The third-order valence-corrected chi connectivity index (χ3v) is 6.19. The molecule has 5 nitrogen and oxygen atoms in total. The van der Waals surface area contributed by atoms with Gasteiger partial charge in [-0.3, -0.25) is 9.20 Å². The van der Waals surface area contributed by atoms with Gasteiger partial charge in [0.15, 0.2) is 5.96 Å². The third kappa shape index (κ3) is 6.34. The lowest BCUT2D eigenvalue weighted by Gasteiger charge is -2.34. The van der Waals surface area contributed by atoms with Crippen LogP contribution in [0.15, 0.2) is 35.3 Å². The van der Waals surface area contributed by atoms with Crippen molar-refractivity contribution >= 4 is 16.8 Å². The Labute approximate surface area is 154 Å². The van der Waals surface area contributed by atoms with Crippen molar-refractivity contribution in [1.29, 1.82) is 0 Å². The van der Waals surface area contributed by atoms with E-state index in [1.807, 2.05) is 51.1 Å². The minimum Gasteiger partial charge on any atom is -0.490 e. The van der Waals surface area contributed by atoms with Gasteiger partial charge in [0, 0.05) is 60.8 Å². The van der Waals surface area contributed by atoms with E-state index in [0.717, 1.165) is 37.6 Å². The maximum Gasteiger partial charge on any atom is 0.193 e. The quantitative estimate of drug-likeness (QED) is 0.644. The van der Waals surface area contributed by atoms with Crippen molar-refractivity contribution in [2.45, 2.75) is 44.5 Å². The van der Waals surface area contributed by atoms with Crippen molar-refractivity contribution in [3.8, 4) is 5.75 Å². The molecular formula is C19H31N3O2S. The molecule has 1 fully saturated rings. The molecule has 0 radical (unpaired) electrons. The molecule has 1 aromatic rings. The first-order chi connectivity index (χ1) is 11.9. The van der Waals surface area contributed by atoms with E-state index in [2.05, 4.69) is 15.2 Å². The Hall–Kier alpha value is -1.56. The lowest BCUT2D eigenvalue weighted by atomic mass is 10.1. The van der Waals surface area contributed by atoms with E-state index >= 15 is 0 Å². The Morgan fingerprint density at radius 2 is 1.92 bits per heavy atom. The van der Waals surface area contributed by atoms with E-state index in [-0.39, 0.29) is 10.9 Å². The topological polar surface area (TPSA) is 53.9 Å². The van der Waals surface area contributed by atoms with Crippen LogP contribution in [0.1, 0.15) is 33.6 Å². The molecule has 1 saturated heterocycles. The zero-order valence-electron chi connectivity index (χ0n) is 15.8. The van der Waals surface area contributed by atoms with Crippen molar-refractivity contribution in [2.75, 3.05) is 32.4 Å². The maximum atomic E-state index is 12.1. The zero-order chi connectivity index (χ0) is 18.3. The lowest BCUT2D eigenvalue weighted by Crippen LogP contribution is -2.48. The van der Waals surface area contributed by atoms with Gasteiger partial charge in [-0.1, -0.05) is 18.2 Å². The number of hydrogen-bond donors (Lipinski definition) is 1. The number of piperidine rings is 1. The van der Waals surface area contributed by atoms with Crippen LogP contribution < -0.4 is 10.1 Å². The first-order valence-corrected chi connectivity index (χ1v) is 10.3. The molecule has 0 spiro atoms. The van der Waals surface area contributed by atoms with Gasteiger partial charge in [-0.15, -0.1) is 0 Å². The summed E-state index contributed by atoms with van der Waals surface area (Å²) in [5, 5.41) is 3.35. The number of nitrogens with zero attached hydrogens (tertiary/aromatic N) is 2. The minimum absolute atomic E-state index is 0.168. The summed E-state index contributed by atoms with van der Waals surface area (Å²) in [7, 11) is 0.956. The van der Waals surface area contributed by atoms with Crippen LogP contribution >= 0.6 is 0 Å². The molecule has 0 aromatic heterocycles. The summed E-state index contributed by atoms with van der Waals surface area (Å²) < 4.78 is 18.0. The number of ether oxygens (including phenoxy) is 1. The number of nitrogens with one attached hydrogen (secondary N) is 1. The molecule has 1 unspecified atom stereocenters. The van der Waals surface area contributed by atoms with Crippen molar-refractivity contribution in [1.82, 2.24) is 10.2 Å². The van der Waals surface area contributed by atoms with Crippen molar-refractivity contribution in [3.63, 3.8) is 0 Å². The second kappa shape index (κ2) is 9.22. The molecule has 0 saturated carbocycles. The molecule has 25 heavy (non-hydrogen) atoms. The van der Waals surface area contributed by atoms with Gasteiger partial charge in [-0.25, -0.2) is 0 Å². The molecule has 0 aliphatic carbocycles. The molecule has 0 amide bonds. The molecular weight excluding hydrogens is 334 g/mol. The van der Waals surface area contributed by atoms with Crippen LogP contribution in [0, 0.1) is 0 Å².